The third-order valence-corrected chi connectivity index (χ3v) is 4.53. The highest BCUT2D eigenvalue weighted by molar-refractivity contribution is 7.95. The van der Waals surface area contributed by atoms with Gasteiger partial charge in [-0.1, -0.05) is 12.1 Å². The molecule has 4 heteroatoms. The van der Waals surface area contributed by atoms with Gasteiger partial charge in [-0.25, -0.2) is 8.42 Å². The highest BCUT2D eigenvalue weighted by Crippen LogP contribution is 2.37. The van der Waals surface area contributed by atoms with Crippen LogP contribution in [-0.4, -0.2) is 21.5 Å². The Kier molecular flexibility index (Phi) is 2.64. The van der Waals surface area contributed by atoms with Crippen LogP contribution in [0.15, 0.2) is 28.5 Å². The van der Waals surface area contributed by atoms with E-state index in [1.165, 1.54) is 5.41 Å². The Morgan fingerprint density at radius 1 is 1.31 bits per heavy atom. The number of likely N-dealkylation sites (N-methyl/N-ethyl adjacent to an activating group) is 1. The molecule has 1 aliphatic heterocycles. The summed E-state index contributed by atoms with van der Waals surface area (Å²) in [7, 11) is -1.41. The van der Waals surface area contributed by atoms with Crippen molar-refractivity contribution >= 4 is 15.4 Å². The minimum Gasteiger partial charge on any atom is -0.313 e. The largest absolute Gasteiger partial charge is 0.313 e. The standard InChI is InChI=1S/C12H15NO2S/c1-8-5-4-6-11-12(8)10(9(2)13-3)7-16(11,14)15/h4-7,9,13H,1-3H3. The lowest BCUT2D eigenvalue weighted by atomic mass is 9.97. The van der Waals surface area contributed by atoms with Crippen LogP contribution in [-0.2, 0) is 9.84 Å². The third kappa shape index (κ3) is 1.58. The predicted octanol–water partition coefficient (Wildman–Crippen LogP) is 1.73. The molecule has 1 aliphatic rings. The Hall–Kier alpha value is -1.13. The first-order chi connectivity index (χ1) is 7.47. The summed E-state index contributed by atoms with van der Waals surface area (Å²) < 4.78 is 23.9. The van der Waals surface area contributed by atoms with Crippen molar-refractivity contribution in [1.82, 2.24) is 5.32 Å². The number of rotatable bonds is 2. The molecule has 3 nitrogen and oxygen atoms in total. The predicted molar refractivity (Wildman–Crippen MR) is 64.9 cm³/mol. The number of fused-ring (bicyclic) bond motifs is 1. The van der Waals surface area contributed by atoms with Crippen molar-refractivity contribution < 1.29 is 8.42 Å². The molecule has 16 heavy (non-hydrogen) atoms. The van der Waals surface area contributed by atoms with E-state index in [0.29, 0.717) is 4.90 Å². The lowest BCUT2D eigenvalue weighted by Gasteiger charge is -2.14. The van der Waals surface area contributed by atoms with Gasteiger partial charge in [-0.15, -0.1) is 0 Å². The maximum absolute atomic E-state index is 11.9. The summed E-state index contributed by atoms with van der Waals surface area (Å²) >= 11 is 0. The van der Waals surface area contributed by atoms with E-state index in [2.05, 4.69) is 5.32 Å². The van der Waals surface area contributed by atoms with Gasteiger partial charge < -0.3 is 5.32 Å². The lowest BCUT2D eigenvalue weighted by molar-refractivity contribution is 0.605. The van der Waals surface area contributed by atoms with E-state index in [0.717, 1.165) is 16.7 Å². The van der Waals surface area contributed by atoms with Gasteiger partial charge in [0.2, 0.25) is 9.84 Å². The van der Waals surface area contributed by atoms with E-state index >= 15 is 0 Å². The molecule has 0 saturated carbocycles. The molecule has 0 aromatic heterocycles. The Balaban J connectivity index is 2.72. The summed E-state index contributed by atoms with van der Waals surface area (Å²) in [5, 5.41) is 4.46. The van der Waals surface area contributed by atoms with Gasteiger partial charge in [0.25, 0.3) is 0 Å². The zero-order valence-corrected chi connectivity index (χ0v) is 10.4. The summed E-state index contributed by atoms with van der Waals surface area (Å²) in [5.74, 6) is 0. The average Bonchev–Trinajstić information content (AvgIpc) is 2.52. The summed E-state index contributed by atoms with van der Waals surface area (Å²) in [6.07, 6.45) is 0. The molecule has 1 heterocycles. The SMILES string of the molecule is CNC(C)C1=CS(=O)(=O)c2cccc(C)c21. The molecule has 1 unspecified atom stereocenters. The number of sulfone groups is 1. The van der Waals surface area contributed by atoms with E-state index in [4.69, 9.17) is 0 Å². The molecule has 0 bridgehead atoms. The average molecular weight is 237 g/mol. The molecule has 1 aromatic rings. The molecule has 0 amide bonds. The van der Waals surface area contributed by atoms with Gasteiger partial charge in [0.1, 0.15) is 0 Å². The van der Waals surface area contributed by atoms with Crippen molar-refractivity contribution in [2.24, 2.45) is 0 Å². The minimum atomic E-state index is -3.23. The quantitative estimate of drug-likeness (QED) is 0.852. The van der Waals surface area contributed by atoms with E-state index in [1.54, 1.807) is 12.1 Å². The molecule has 1 N–H and O–H groups in total. The maximum atomic E-state index is 11.9. The Labute approximate surface area is 96.1 Å². The van der Waals surface area contributed by atoms with Gasteiger partial charge in [-0.2, -0.15) is 0 Å². The fourth-order valence-corrected chi connectivity index (χ4v) is 3.63. The Morgan fingerprint density at radius 3 is 2.62 bits per heavy atom. The topological polar surface area (TPSA) is 46.2 Å². The van der Waals surface area contributed by atoms with Gasteiger partial charge in [0, 0.05) is 17.0 Å². The Bertz CT molecular complexity index is 558. The number of hydrogen-bond donors (Lipinski definition) is 1. The summed E-state index contributed by atoms with van der Waals surface area (Å²) in [6, 6.07) is 5.43. The van der Waals surface area contributed by atoms with Gasteiger partial charge in [0.15, 0.2) is 0 Å². The molecule has 0 fully saturated rings. The second kappa shape index (κ2) is 3.71. The molecule has 0 aliphatic carbocycles. The fourth-order valence-electron chi connectivity index (χ4n) is 2.01. The first-order valence-corrected chi connectivity index (χ1v) is 6.76. The molecule has 0 radical (unpaired) electrons. The van der Waals surface area contributed by atoms with Crippen LogP contribution in [0.4, 0.5) is 0 Å². The summed E-state index contributed by atoms with van der Waals surface area (Å²) in [4.78, 5) is 0.435. The minimum absolute atomic E-state index is 0.0390. The van der Waals surface area contributed by atoms with Gasteiger partial charge in [-0.05, 0) is 38.1 Å². The molecular formula is C12H15NO2S. The molecule has 0 spiro atoms. The second-order valence-corrected chi connectivity index (χ2v) is 5.84. The van der Waals surface area contributed by atoms with Crippen molar-refractivity contribution in [3.63, 3.8) is 0 Å². The van der Waals surface area contributed by atoms with Crippen LogP contribution in [0.1, 0.15) is 18.1 Å². The van der Waals surface area contributed by atoms with E-state index in [1.807, 2.05) is 27.0 Å². The van der Waals surface area contributed by atoms with E-state index < -0.39 is 9.84 Å². The molecule has 0 saturated heterocycles. The van der Waals surface area contributed by atoms with Crippen molar-refractivity contribution in [3.05, 3.63) is 34.7 Å². The first kappa shape index (κ1) is 11.4. The van der Waals surface area contributed by atoms with Crippen molar-refractivity contribution in [2.45, 2.75) is 24.8 Å². The molecule has 1 aromatic carbocycles. The van der Waals surface area contributed by atoms with Crippen LogP contribution < -0.4 is 5.32 Å². The fraction of sp³-hybridized carbons (Fsp3) is 0.333. The second-order valence-electron chi connectivity index (χ2n) is 4.08. The van der Waals surface area contributed by atoms with Gasteiger partial charge in [-0.3, -0.25) is 0 Å². The smallest absolute Gasteiger partial charge is 0.200 e. The van der Waals surface area contributed by atoms with Crippen LogP contribution in [0.2, 0.25) is 0 Å². The van der Waals surface area contributed by atoms with E-state index in [9.17, 15) is 8.42 Å². The summed E-state index contributed by atoms with van der Waals surface area (Å²) in [6.45, 7) is 3.90. The normalized spacial score (nSPS) is 19.1. The van der Waals surface area contributed by atoms with Crippen LogP contribution in [0.3, 0.4) is 0 Å². The summed E-state index contributed by atoms with van der Waals surface area (Å²) in [5.41, 5.74) is 2.73. The molecular weight excluding hydrogens is 222 g/mol. The molecule has 2 rings (SSSR count). The number of hydrogen-bond acceptors (Lipinski definition) is 3. The maximum Gasteiger partial charge on any atom is 0.200 e. The highest BCUT2D eigenvalue weighted by atomic mass is 32.2. The van der Waals surface area contributed by atoms with Crippen molar-refractivity contribution in [3.8, 4) is 0 Å². The number of nitrogens with one attached hydrogen (secondary N) is 1. The van der Waals surface area contributed by atoms with Crippen LogP contribution in [0.5, 0.6) is 0 Å². The molecule has 86 valence electrons. The van der Waals surface area contributed by atoms with Crippen molar-refractivity contribution in [1.29, 1.82) is 0 Å². The van der Waals surface area contributed by atoms with Crippen LogP contribution in [0, 0.1) is 6.92 Å². The number of aryl methyl sites for hydroxylation is 1. The third-order valence-electron chi connectivity index (χ3n) is 3.01. The highest BCUT2D eigenvalue weighted by Gasteiger charge is 2.29. The Morgan fingerprint density at radius 2 is 2.00 bits per heavy atom. The van der Waals surface area contributed by atoms with Gasteiger partial charge in [0.05, 0.1) is 4.90 Å². The van der Waals surface area contributed by atoms with E-state index in [-0.39, 0.29) is 6.04 Å². The lowest BCUT2D eigenvalue weighted by Crippen LogP contribution is -2.22. The number of benzene rings is 1. The first-order valence-electron chi connectivity index (χ1n) is 5.21. The molecule has 1 atom stereocenters. The zero-order valence-electron chi connectivity index (χ0n) is 9.61. The van der Waals surface area contributed by atoms with Gasteiger partial charge >= 0.3 is 0 Å². The monoisotopic (exact) mass is 237 g/mol. The van der Waals surface area contributed by atoms with Crippen LogP contribution in [0.25, 0.3) is 5.57 Å². The van der Waals surface area contributed by atoms with Crippen LogP contribution >= 0.6 is 0 Å². The van der Waals surface area contributed by atoms with Crippen molar-refractivity contribution in [2.75, 3.05) is 7.05 Å². The zero-order chi connectivity index (χ0) is 11.9.